The normalized spacial score (nSPS) is 12.7. The fourth-order valence-corrected chi connectivity index (χ4v) is 2.18. The number of imidazole rings is 1. The van der Waals surface area contributed by atoms with Gasteiger partial charge in [0.25, 0.3) is 0 Å². The van der Waals surface area contributed by atoms with Crippen LogP contribution in [0.15, 0.2) is 24.5 Å². The van der Waals surface area contributed by atoms with E-state index in [2.05, 4.69) is 10.3 Å². The van der Waals surface area contributed by atoms with Crippen molar-refractivity contribution in [3.8, 4) is 0 Å². The van der Waals surface area contributed by atoms with E-state index in [-0.39, 0.29) is 5.56 Å². The van der Waals surface area contributed by atoms with Crippen LogP contribution in [-0.2, 0) is 13.5 Å². The van der Waals surface area contributed by atoms with Crippen LogP contribution in [0.25, 0.3) is 0 Å². The van der Waals surface area contributed by atoms with Gasteiger partial charge in [-0.2, -0.15) is 0 Å². The summed E-state index contributed by atoms with van der Waals surface area (Å²) in [4.78, 5) is 4.18. The van der Waals surface area contributed by atoms with Gasteiger partial charge in [-0.05, 0) is 19.5 Å². The van der Waals surface area contributed by atoms with Crippen molar-refractivity contribution in [3.63, 3.8) is 0 Å². The number of halogens is 3. The Morgan fingerprint density at radius 2 is 2.00 bits per heavy atom. The highest BCUT2D eigenvalue weighted by atomic mass is 19.2. The summed E-state index contributed by atoms with van der Waals surface area (Å²) in [5.74, 6) is -2.89. The van der Waals surface area contributed by atoms with Crippen molar-refractivity contribution in [2.75, 3.05) is 7.05 Å². The van der Waals surface area contributed by atoms with E-state index < -0.39 is 23.5 Å². The van der Waals surface area contributed by atoms with Crippen LogP contribution in [0.5, 0.6) is 0 Å². The molecular formula is C14H16F3N3. The second-order valence-electron chi connectivity index (χ2n) is 4.60. The lowest BCUT2D eigenvalue weighted by atomic mass is 10.0. The Kier molecular flexibility index (Phi) is 4.44. The van der Waals surface area contributed by atoms with Crippen LogP contribution in [0.2, 0.25) is 0 Å². The lowest BCUT2D eigenvalue weighted by molar-refractivity contribution is 0.423. The zero-order valence-electron chi connectivity index (χ0n) is 11.3. The molecule has 1 unspecified atom stereocenters. The van der Waals surface area contributed by atoms with E-state index in [0.717, 1.165) is 11.9 Å². The van der Waals surface area contributed by atoms with Gasteiger partial charge in [0, 0.05) is 37.5 Å². The predicted molar refractivity (Wildman–Crippen MR) is 69.6 cm³/mol. The molecule has 20 heavy (non-hydrogen) atoms. The maximum absolute atomic E-state index is 13.8. The summed E-state index contributed by atoms with van der Waals surface area (Å²) in [6.07, 6.45) is 4.64. The molecule has 2 aromatic rings. The molecule has 0 fully saturated rings. The Morgan fingerprint density at radius 3 is 2.60 bits per heavy atom. The number of nitrogens with zero attached hydrogens (tertiary/aromatic N) is 2. The lowest BCUT2D eigenvalue weighted by Crippen LogP contribution is -2.20. The number of aromatic nitrogens is 2. The van der Waals surface area contributed by atoms with Crippen LogP contribution in [0, 0.1) is 17.5 Å². The maximum atomic E-state index is 13.8. The van der Waals surface area contributed by atoms with E-state index in [4.69, 9.17) is 0 Å². The predicted octanol–water partition coefficient (Wildman–Crippen LogP) is 2.73. The number of benzene rings is 1. The second-order valence-corrected chi connectivity index (χ2v) is 4.60. The first kappa shape index (κ1) is 14.6. The van der Waals surface area contributed by atoms with E-state index in [0.29, 0.717) is 12.8 Å². The SMILES string of the molecule is CNC(CCc1nccn1C)c1ccc(F)c(F)c1F. The van der Waals surface area contributed by atoms with Gasteiger partial charge < -0.3 is 9.88 Å². The zero-order valence-corrected chi connectivity index (χ0v) is 11.3. The average molecular weight is 283 g/mol. The Labute approximate surface area is 115 Å². The van der Waals surface area contributed by atoms with Gasteiger partial charge in [-0.25, -0.2) is 18.2 Å². The van der Waals surface area contributed by atoms with Crippen molar-refractivity contribution >= 4 is 0 Å². The molecular weight excluding hydrogens is 267 g/mol. The number of rotatable bonds is 5. The molecule has 0 spiro atoms. The zero-order chi connectivity index (χ0) is 14.7. The number of hydrogen-bond donors (Lipinski definition) is 1. The highest BCUT2D eigenvalue weighted by Crippen LogP contribution is 2.24. The molecule has 2 rings (SSSR count). The lowest BCUT2D eigenvalue weighted by Gasteiger charge is -2.17. The molecule has 1 atom stereocenters. The highest BCUT2D eigenvalue weighted by Gasteiger charge is 2.20. The Hall–Kier alpha value is -1.82. The van der Waals surface area contributed by atoms with Crippen LogP contribution in [-0.4, -0.2) is 16.6 Å². The van der Waals surface area contributed by atoms with E-state index in [1.165, 1.54) is 6.07 Å². The van der Waals surface area contributed by atoms with Gasteiger partial charge in [0.15, 0.2) is 17.5 Å². The van der Waals surface area contributed by atoms with Crippen LogP contribution in [0.1, 0.15) is 23.9 Å². The molecule has 6 heteroatoms. The van der Waals surface area contributed by atoms with Crippen LogP contribution in [0.4, 0.5) is 13.2 Å². The first-order valence-electron chi connectivity index (χ1n) is 6.31. The van der Waals surface area contributed by atoms with Gasteiger partial charge in [0.2, 0.25) is 0 Å². The maximum Gasteiger partial charge on any atom is 0.194 e. The number of nitrogens with one attached hydrogen (secondary N) is 1. The molecule has 0 amide bonds. The van der Waals surface area contributed by atoms with Gasteiger partial charge in [0.05, 0.1) is 0 Å². The van der Waals surface area contributed by atoms with Crippen molar-refractivity contribution in [3.05, 3.63) is 53.4 Å². The first-order valence-corrected chi connectivity index (χ1v) is 6.31. The van der Waals surface area contributed by atoms with E-state index in [1.54, 1.807) is 13.2 Å². The largest absolute Gasteiger partial charge is 0.338 e. The summed E-state index contributed by atoms with van der Waals surface area (Å²) in [5, 5.41) is 2.92. The minimum atomic E-state index is -1.43. The monoisotopic (exact) mass is 283 g/mol. The molecule has 0 saturated heterocycles. The van der Waals surface area contributed by atoms with Gasteiger partial charge in [-0.15, -0.1) is 0 Å². The third-order valence-corrected chi connectivity index (χ3v) is 3.37. The Bertz CT molecular complexity index is 595. The number of aryl methyl sites for hydroxylation is 2. The molecule has 0 radical (unpaired) electrons. The highest BCUT2D eigenvalue weighted by molar-refractivity contribution is 5.23. The third kappa shape index (κ3) is 2.85. The van der Waals surface area contributed by atoms with Gasteiger partial charge in [-0.1, -0.05) is 6.07 Å². The Morgan fingerprint density at radius 1 is 1.25 bits per heavy atom. The number of hydrogen-bond acceptors (Lipinski definition) is 2. The molecule has 3 nitrogen and oxygen atoms in total. The first-order chi connectivity index (χ1) is 9.54. The van der Waals surface area contributed by atoms with E-state index in [9.17, 15) is 13.2 Å². The van der Waals surface area contributed by atoms with Crippen LogP contribution < -0.4 is 5.32 Å². The molecule has 0 aliphatic carbocycles. The van der Waals surface area contributed by atoms with Crippen molar-refractivity contribution in [1.29, 1.82) is 0 Å². The molecule has 0 bridgehead atoms. The van der Waals surface area contributed by atoms with Crippen LogP contribution in [0.3, 0.4) is 0 Å². The molecule has 0 saturated carbocycles. The molecule has 1 heterocycles. The van der Waals surface area contributed by atoms with E-state index >= 15 is 0 Å². The molecule has 1 aromatic heterocycles. The molecule has 1 N–H and O–H groups in total. The molecule has 0 aliphatic heterocycles. The minimum absolute atomic E-state index is 0.126. The van der Waals surface area contributed by atoms with Crippen molar-refractivity contribution in [2.45, 2.75) is 18.9 Å². The van der Waals surface area contributed by atoms with Crippen LogP contribution >= 0.6 is 0 Å². The van der Waals surface area contributed by atoms with Crippen molar-refractivity contribution < 1.29 is 13.2 Å². The summed E-state index contributed by atoms with van der Waals surface area (Å²) in [6, 6.07) is 1.81. The standard InChI is InChI=1S/C14H16F3N3/c1-18-11(5-6-12-19-7-8-20(12)2)9-3-4-10(15)14(17)13(9)16/h3-4,7-8,11,18H,5-6H2,1-2H3. The quantitative estimate of drug-likeness (QED) is 0.855. The van der Waals surface area contributed by atoms with Gasteiger partial charge >= 0.3 is 0 Å². The summed E-state index contributed by atoms with van der Waals surface area (Å²) < 4.78 is 41.8. The van der Waals surface area contributed by atoms with Crippen molar-refractivity contribution in [1.82, 2.24) is 14.9 Å². The summed E-state index contributed by atoms with van der Waals surface area (Å²) in [5.41, 5.74) is 0.126. The van der Waals surface area contributed by atoms with Gasteiger partial charge in [-0.3, -0.25) is 0 Å². The Balaban J connectivity index is 2.16. The fraction of sp³-hybridized carbons (Fsp3) is 0.357. The second kappa shape index (κ2) is 6.09. The van der Waals surface area contributed by atoms with E-state index in [1.807, 2.05) is 17.8 Å². The average Bonchev–Trinajstić information content (AvgIpc) is 2.84. The van der Waals surface area contributed by atoms with Gasteiger partial charge in [0.1, 0.15) is 5.82 Å². The third-order valence-electron chi connectivity index (χ3n) is 3.37. The van der Waals surface area contributed by atoms with Crippen molar-refractivity contribution in [2.24, 2.45) is 7.05 Å². The molecule has 0 aliphatic rings. The summed E-state index contributed by atoms with van der Waals surface area (Å²) in [6.45, 7) is 0. The topological polar surface area (TPSA) is 29.9 Å². The minimum Gasteiger partial charge on any atom is -0.338 e. The summed E-state index contributed by atoms with van der Waals surface area (Å²) in [7, 11) is 3.53. The summed E-state index contributed by atoms with van der Waals surface area (Å²) >= 11 is 0. The molecule has 108 valence electrons. The molecule has 1 aromatic carbocycles. The fourth-order valence-electron chi connectivity index (χ4n) is 2.18. The smallest absolute Gasteiger partial charge is 0.194 e.